The summed E-state index contributed by atoms with van der Waals surface area (Å²) in [5, 5.41) is 10.6. The van der Waals surface area contributed by atoms with Gasteiger partial charge in [0.1, 0.15) is 19.3 Å². The highest BCUT2D eigenvalue weighted by atomic mass is 31.2. The quantitative estimate of drug-likeness (QED) is 0.0169. The highest BCUT2D eigenvalue weighted by Crippen LogP contribution is 2.45. The summed E-state index contributed by atoms with van der Waals surface area (Å²) < 4.78 is 68.2. The number of esters is 4. The second kappa shape index (κ2) is 77.7. The molecule has 0 aliphatic rings. The zero-order valence-corrected chi connectivity index (χ0v) is 67.2. The molecule has 0 spiro atoms. The average molecular weight is 1540 g/mol. The molecule has 0 amide bonds. The first-order valence-electron chi connectivity index (χ1n) is 38.9. The normalized spacial score (nSPS) is 15.2. The minimum atomic E-state index is -5.04. The third-order valence-electron chi connectivity index (χ3n) is 14.5. The molecule has 19 heteroatoms. The van der Waals surface area contributed by atoms with E-state index >= 15 is 0 Å². The van der Waals surface area contributed by atoms with Crippen LogP contribution < -0.4 is 0 Å². The molecule has 600 valence electrons. The van der Waals surface area contributed by atoms with Crippen molar-refractivity contribution in [3.8, 4) is 0 Å². The van der Waals surface area contributed by atoms with Crippen LogP contribution in [0.4, 0.5) is 0 Å². The molecule has 0 aromatic carbocycles. The summed E-state index contributed by atoms with van der Waals surface area (Å²) in [5.41, 5.74) is 0. The Labute approximate surface area is 649 Å². The van der Waals surface area contributed by atoms with Crippen LogP contribution in [-0.2, 0) is 65.4 Å². The van der Waals surface area contributed by atoms with E-state index in [9.17, 15) is 43.2 Å². The fourth-order valence-electron chi connectivity index (χ4n) is 8.80. The maximum Gasteiger partial charge on any atom is 0.472 e. The van der Waals surface area contributed by atoms with Gasteiger partial charge in [0.25, 0.3) is 0 Å². The standard InChI is InChI=1S/C89H132O17P2/c1-5-9-13-17-21-25-29-33-37-40-41-44-47-50-54-58-62-66-70-74-87(92)100-80-85(106-89(94)76-72-68-64-60-56-52-48-43-39-35-31-27-23-19-15-11-7-3)82-104-108(97,98)102-78-83(90)77-101-107(95,96)103-81-84(105-88(93)75-71-67-63-59-55-51-45-36-32-28-24-20-16-12-8-4)79-99-86(91)73-69-65-61-57-53-49-46-42-38-34-30-26-22-18-14-10-6-2/h9-16,21-28,33-39,41,44-46,48-50,52,54-55,57,59-62,64,66-67,71,83-85,90H,5-8,17-20,29-32,40,42-43,47,51,53,56,58,63,65,68-70,72-82H2,1-4H3,(H,95,96)(H,97,98)/b13-9-,14-10-,15-11-,16-12-,25-21-,26-22-,27-23-,28-24-,37-33-,38-34-,39-35-,44-41-,45-36-,49-46-,52-48-,54-50-,59-55-,61-57-,64-60-,66-62-,71-67-. The number of phosphoric acid groups is 2. The van der Waals surface area contributed by atoms with Crippen molar-refractivity contribution in [2.45, 2.75) is 239 Å². The number of unbranched alkanes of at least 4 members (excludes halogenated alkanes) is 2. The number of carbonyl (C=O) groups is 4. The number of aliphatic hydroxyl groups excluding tert-OH is 1. The molecular formula is C89H132O17P2. The minimum absolute atomic E-state index is 0.00805. The van der Waals surface area contributed by atoms with Gasteiger partial charge in [0, 0.05) is 19.3 Å². The molecule has 0 bridgehead atoms. The van der Waals surface area contributed by atoms with Crippen molar-refractivity contribution in [1.29, 1.82) is 0 Å². The van der Waals surface area contributed by atoms with Gasteiger partial charge in [-0.05, 0) is 167 Å². The average Bonchev–Trinajstić information content (AvgIpc) is 0.906. The van der Waals surface area contributed by atoms with Crippen molar-refractivity contribution >= 4 is 39.5 Å². The van der Waals surface area contributed by atoms with Crippen molar-refractivity contribution in [3.63, 3.8) is 0 Å². The molecule has 3 N–H and O–H groups in total. The smallest absolute Gasteiger partial charge is 0.462 e. The monoisotopic (exact) mass is 1530 g/mol. The molecule has 0 aliphatic carbocycles. The highest BCUT2D eigenvalue weighted by molar-refractivity contribution is 7.47. The van der Waals surface area contributed by atoms with Crippen molar-refractivity contribution in [2.75, 3.05) is 39.6 Å². The predicted octanol–water partition coefficient (Wildman–Crippen LogP) is 23.0. The summed E-state index contributed by atoms with van der Waals surface area (Å²) in [6, 6.07) is 0. The molecule has 5 atom stereocenters. The molecule has 17 nitrogen and oxygen atoms in total. The van der Waals surface area contributed by atoms with Gasteiger partial charge in [-0.1, -0.05) is 283 Å². The molecule has 0 saturated heterocycles. The first kappa shape index (κ1) is 101. The summed E-state index contributed by atoms with van der Waals surface area (Å²) in [6.07, 6.45) is 103. The maximum absolute atomic E-state index is 13.1. The molecule has 0 aromatic rings. The van der Waals surface area contributed by atoms with Gasteiger partial charge in [0.2, 0.25) is 0 Å². The molecule has 0 rings (SSSR count). The van der Waals surface area contributed by atoms with E-state index in [1.165, 1.54) is 0 Å². The van der Waals surface area contributed by atoms with Crippen LogP contribution in [0, 0.1) is 0 Å². The van der Waals surface area contributed by atoms with E-state index in [4.69, 9.17) is 37.0 Å². The van der Waals surface area contributed by atoms with Crippen molar-refractivity contribution in [1.82, 2.24) is 0 Å². The second-order valence-electron chi connectivity index (χ2n) is 24.4. The number of hydrogen-bond donors (Lipinski definition) is 3. The summed E-state index contributed by atoms with van der Waals surface area (Å²) in [5.74, 6) is -2.60. The Kier molecular flexibility index (Phi) is 72.4. The Morgan fingerprint density at radius 1 is 0.269 bits per heavy atom. The Balaban J connectivity index is 5.65. The Morgan fingerprint density at radius 3 is 0.778 bits per heavy atom. The Hall–Kier alpha value is -7.40. The van der Waals surface area contributed by atoms with E-state index < -0.39 is 97.5 Å². The fourth-order valence-corrected chi connectivity index (χ4v) is 10.4. The van der Waals surface area contributed by atoms with Crippen LogP contribution in [-0.4, -0.2) is 96.7 Å². The van der Waals surface area contributed by atoms with E-state index in [-0.39, 0.29) is 25.7 Å². The highest BCUT2D eigenvalue weighted by Gasteiger charge is 2.30. The molecule has 0 aliphatic heterocycles. The summed E-state index contributed by atoms with van der Waals surface area (Å²) >= 11 is 0. The number of aliphatic hydroxyl groups is 1. The number of rotatable bonds is 69. The van der Waals surface area contributed by atoms with Crippen molar-refractivity contribution < 1.29 is 80.2 Å². The van der Waals surface area contributed by atoms with Gasteiger partial charge >= 0.3 is 39.5 Å². The zero-order chi connectivity index (χ0) is 78.9. The van der Waals surface area contributed by atoms with Gasteiger partial charge in [-0.25, -0.2) is 9.13 Å². The minimum Gasteiger partial charge on any atom is -0.462 e. The van der Waals surface area contributed by atoms with Crippen molar-refractivity contribution in [3.05, 3.63) is 255 Å². The number of carbonyl (C=O) groups excluding carboxylic acids is 4. The van der Waals surface area contributed by atoms with Crippen LogP contribution >= 0.6 is 15.6 Å². The van der Waals surface area contributed by atoms with E-state index in [0.29, 0.717) is 44.9 Å². The lowest BCUT2D eigenvalue weighted by Crippen LogP contribution is -2.30. The predicted molar refractivity (Wildman–Crippen MR) is 444 cm³/mol. The van der Waals surface area contributed by atoms with Gasteiger partial charge in [0.15, 0.2) is 12.2 Å². The van der Waals surface area contributed by atoms with Crippen LogP contribution in [0.2, 0.25) is 0 Å². The van der Waals surface area contributed by atoms with Crippen LogP contribution in [0.3, 0.4) is 0 Å². The third kappa shape index (κ3) is 76.8. The molecule has 0 fully saturated rings. The van der Waals surface area contributed by atoms with Gasteiger partial charge in [-0.15, -0.1) is 0 Å². The molecule has 0 radical (unpaired) electrons. The molecule has 0 aromatic heterocycles. The number of hydrogen-bond acceptors (Lipinski definition) is 15. The van der Waals surface area contributed by atoms with E-state index in [1.807, 2.05) is 54.7 Å². The second-order valence-corrected chi connectivity index (χ2v) is 27.3. The van der Waals surface area contributed by atoms with Crippen LogP contribution in [0.5, 0.6) is 0 Å². The van der Waals surface area contributed by atoms with Crippen LogP contribution in [0.1, 0.15) is 220 Å². The van der Waals surface area contributed by atoms with Gasteiger partial charge in [-0.2, -0.15) is 0 Å². The lowest BCUT2D eigenvalue weighted by Gasteiger charge is -2.21. The SMILES string of the molecule is CC/C=C\C/C=C\C/C=C\C/C=C\C/C=C\C/C=C\CCC(=O)OCC(COP(=O)(O)OCC(O)COP(=O)(O)OCC(COC(=O)CCC/C=C\C/C=C\C/C=C\C/C=C\C/C=C\CC)OC(=O)C/C=C\C/C=C\C/C=C\C/C=C\C/C=C\CC)OC(=O)CCC/C=C\C/C=C\C/C=C\C/C=C\C/C=C\CC. The number of ether oxygens (including phenoxy) is 4. The first-order valence-corrected chi connectivity index (χ1v) is 41.9. The van der Waals surface area contributed by atoms with E-state index in [2.05, 4.69) is 216 Å². The molecule has 108 heavy (non-hydrogen) atoms. The lowest BCUT2D eigenvalue weighted by molar-refractivity contribution is -0.161. The van der Waals surface area contributed by atoms with E-state index in [0.717, 1.165) is 122 Å². The molecule has 0 heterocycles. The largest absolute Gasteiger partial charge is 0.472 e. The third-order valence-corrected chi connectivity index (χ3v) is 16.4. The fraction of sp³-hybridized carbons (Fsp3) is 0.483. The zero-order valence-electron chi connectivity index (χ0n) is 65.4. The Morgan fingerprint density at radius 2 is 0.491 bits per heavy atom. The molecule has 0 saturated carbocycles. The van der Waals surface area contributed by atoms with Crippen molar-refractivity contribution in [2.24, 2.45) is 0 Å². The van der Waals surface area contributed by atoms with Gasteiger partial charge < -0.3 is 33.8 Å². The molecule has 5 unspecified atom stereocenters. The number of phosphoric ester groups is 2. The molecular weight excluding hydrogens is 1400 g/mol. The van der Waals surface area contributed by atoms with Crippen LogP contribution in [0.15, 0.2) is 255 Å². The Bertz CT molecular complexity index is 3060. The van der Waals surface area contributed by atoms with Gasteiger partial charge in [-0.3, -0.25) is 37.3 Å². The summed E-state index contributed by atoms with van der Waals surface area (Å²) in [7, 11) is -10.1. The summed E-state index contributed by atoms with van der Waals surface area (Å²) in [6.45, 7) is 4.01. The number of allylic oxidation sites excluding steroid dienone is 41. The lowest BCUT2D eigenvalue weighted by atomic mass is 10.2. The first-order chi connectivity index (χ1) is 52.7. The summed E-state index contributed by atoms with van der Waals surface area (Å²) in [4.78, 5) is 72.9. The topological polar surface area (TPSA) is 237 Å². The van der Waals surface area contributed by atoms with Crippen LogP contribution in [0.25, 0.3) is 0 Å². The maximum atomic E-state index is 13.1. The van der Waals surface area contributed by atoms with E-state index in [1.54, 1.807) is 12.2 Å². The van der Waals surface area contributed by atoms with Gasteiger partial charge in [0.05, 0.1) is 32.8 Å².